The van der Waals surface area contributed by atoms with Crippen LogP contribution in [0.3, 0.4) is 0 Å². The van der Waals surface area contributed by atoms with Gasteiger partial charge in [0.25, 0.3) is 5.91 Å². The van der Waals surface area contributed by atoms with Crippen LogP contribution in [0.1, 0.15) is 41.2 Å². The normalized spacial score (nSPS) is 19.4. The Hall–Kier alpha value is -2.11. The highest BCUT2D eigenvalue weighted by molar-refractivity contribution is 5.96. The molecule has 19 heavy (non-hydrogen) atoms. The van der Waals surface area contributed by atoms with Crippen LogP contribution in [-0.2, 0) is 4.79 Å². The third-order valence-electron chi connectivity index (χ3n) is 3.26. The van der Waals surface area contributed by atoms with Crippen LogP contribution in [0, 0.1) is 0 Å². The van der Waals surface area contributed by atoms with Gasteiger partial charge in [-0.05, 0) is 18.9 Å². The van der Waals surface area contributed by atoms with Gasteiger partial charge in [-0.15, -0.1) is 0 Å². The van der Waals surface area contributed by atoms with Gasteiger partial charge in [-0.25, -0.2) is 0 Å². The summed E-state index contributed by atoms with van der Waals surface area (Å²) in [6.07, 6.45) is 4.02. The van der Waals surface area contributed by atoms with Crippen molar-refractivity contribution in [3.8, 4) is 5.75 Å². The Morgan fingerprint density at radius 2 is 2.32 bits per heavy atom. The standard InChI is InChI=1S/C13H17N3O3/c1-19-8-6-10(12(14)17)11(16-7-8)9-4-2-3-5-15-13(9)18/h6-7,9H,2-5H2,1H3,(H2,14,17)(H,15,18)/t9-/m1/s1. The number of ether oxygens (including phenoxy) is 1. The fourth-order valence-electron chi connectivity index (χ4n) is 2.24. The molecule has 102 valence electrons. The molecular weight excluding hydrogens is 246 g/mol. The van der Waals surface area contributed by atoms with Gasteiger partial charge in [-0.1, -0.05) is 6.42 Å². The van der Waals surface area contributed by atoms with E-state index in [2.05, 4.69) is 10.3 Å². The lowest BCUT2D eigenvalue weighted by atomic mass is 9.94. The number of primary amides is 1. The van der Waals surface area contributed by atoms with Gasteiger partial charge in [0.15, 0.2) is 0 Å². The molecule has 1 saturated heterocycles. The van der Waals surface area contributed by atoms with E-state index in [4.69, 9.17) is 10.5 Å². The van der Waals surface area contributed by atoms with Crippen molar-refractivity contribution in [2.24, 2.45) is 5.73 Å². The van der Waals surface area contributed by atoms with Crippen molar-refractivity contribution in [2.45, 2.75) is 25.2 Å². The summed E-state index contributed by atoms with van der Waals surface area (Å²) in [4.78, 5) is 27.7. The van der Waals surface area contributed by atoms with E-state index in [-0.39, 0.29) is 11.5 Å². The molecule has 3 N–H and O–H groups in total. The van der Waals surface area contributed by atoms with Gasteiger partial charge in [-0.2, -0.15) is 0 Å². The Morgan fingerprint density at radius 1 is 1.53 bits per heavy atom. The first-order valence-electron chi connectivity index (χ1n) is 6.25. The van der Waals surface area contributed by atoms with Gasteiger partial charge in [0.2, 0.25) is 5.91 Å². The van der Waals surface area contributed by atoms with Gasteiger partial charge in [-0.3, -0.25) is 14.6 Å². The summed E-state index contributed by atoms with van der Waals surface area (Å²) in [6, 6.07) is 1.53. The van der Waals surface area contributed by atoms with Crippen molar-refractivity contribution in [3.63, 3.8) is 0 Å². The molecule has 6 heteroatoms. The molecule has 2 rings (SSSR count). The zero-order valence-electron chi connectivity index (χ0n) is 10.8. The predicted octanol–water partition coefficient (Wildman–Crippen LogP) is 0.573. The number of aromatic nitrogens is 1. The van der Waals surface area contributed by atoms with E-state index in [9.17, 15) is 9.59 Å². The van der Waals surface area contributed by atoms with E-state index in [1.807, 2.05) is 0 Å². The third kappa shape index (κ3) is 2.83. The average Bonchev–Trinajstić information content (AvgIpc) is 2.62. The van der Waals surface area contributed by atoms with E-state index in [0.717, 1.165) is 12.8 Å². The molecule has 0 unspecified atom stereocenters. The van der Waals surface area contributed by atoms with Gasteiger partial charge in [0.1, 0.15) is 5.75 Å². The summed E-state index contributed by atoms with van der Waals surface area (Å²) < 4.78 is 5.03. The maximum absolute atomic E-state index is 12.0. The zero-order valence-corrected chi connectivity index (χ0v) is 10.8. The molecule has 1 aromatic rings. The van der Waals surface area contributed by atoms with Crippen molar-refractivity contribution >= 4 is 11.8 Å². The summed E-state index contributed by atoms with van der Waals surface area (Å²) in [5.41, 5.74) is 6.05. The van der Waals surface area contributed by atoms with Gasteiger partial charge < -0.3 is 15.8 Å². The lowest BCUT2D eigenvalue weighted by Gasteiger charge is -2.15. The number of nitrogens with zero attached hydrogens (tertiary/aromatic N) is 1. The highest BCUT2D eigenvalue weighted by Crippen LogP contribution is 2.27. The predicted molar refractivity (Wildman–Crippen MR) is 68.9 cm³/mol. The maximum atomic E-state index is 12.0. The minimum atomic E-state index is -0.599. The number of nitrogens with one attached hydrogen (secondary N) is 1. The van der Waals surface area contributed by atoms with Crippen LogP contribution in [0.5, 0.6) is 5.75 Å². The fourth-order valence-corrected chi connectivity index (χ4v) is 2.24. The van der Waals surface area contributed by atoms with Gasteiger partial charge >= 0.3 is 0 Å². The molecule has 0 aromatic carbocycles. The van der Waals surface area contributed by atoms with Crippen LogP contribution in [0.15, 0.2) is 12.3 Å². The summed E-state index contributed by atoms with van der Waals surface area (Å²) in [5.74, 6) is -0.668. The smallest absolute Gasteiger partial charge is 0.250 e. The topological polar surface area (TPSA) is 94.3 Å². The first-order chi connectivity index (χ1) is 9.13. The van der Waals surface area contributed by atoms with Crippen molar-refractivity contribution in [1.82, 2.24) is 10.3 Å². The van der Waals surface area contributed by atoms with Crippen LogP contribution in [-0.4, -0.2) is 30.5 Å². The Balaban J connectivity index is 2.42. The van der Waals surface area contributed by atoms with Crippen molar-refractivity contribution in [1.29, 1.82) is 0 Å². The maximum Gasteiger partial charge on any atom is 0.250 e. The molecule has 0 aliphatic carbocycles. The van der Waals surface area contributed by atoms with Crippen molar-refractivity contribution < 1.29 is 14.3 Å². The molecule has 1 atom stereocenters. The van der Waals surface area contributed by atoms with E-state index in [1.54, 1.807) is 0 Å². The second-order valence-electron chi connectivity index (χ2n) is 4.51. The van der Waals surface area contributed by atoms with Crippen LogP contribution in [0.25, 0.3) is 0 Å². The van der Waals surface area contributed by atoms with E-state index >= 15 is 0 Å². The Kier molecular flexibility index (Phi) is 3.99. The van der Waals surface area contributed by atoms with Crippen molar-refractivity contribution in [2.75, 3.05) is 13.7 Å². The highest BCUT2D eigenvalue weighted by Gasteiger charge is 2.27. The van der Waals surface area contributed by atoms with E-state index < -0.39 is 11.8 Å². The Bertz CT molecular complexity index is 502. The molecule has 0 saturated carbocycles. The van der Waals surface area contributed by atoms with Gasteiger partial charge in [0, 0.05) is 6.54 Å². The summed E-state index contributed by atoms with van der Waals surface area (Å²) in [7, 11) is 1.49. The lowest BCUT2D eigenvalue weighted by molar-refractivity contribution is -0.122. The van der Waals surface area contributed by atoms with Crippen molar-refractivity contribution in [3.05, 3.63) is 23.5 Å². The second-order valence-corrected chi connectivity index (χ2v) is 4.51. The van der Waals surface area contributed by atoms with Crippen LogP contribution < -0.4 is 15.8 Å². The SMILES string of the molecule is COc1cnc([C@H]2CCCCNC2=O)c(C(N)=O)c1. The summed E-state index contributed by atoms with van der Waals surface area (Å²) in [6.45, 7) is 0.664. The second kappa shape index (κ2) is 5.69. The molecule has 6 nitrogen and oxygen atoms in total. The number of pyridine rings is 1. The molecule has 1 fully saturated rings. The van der Waals surface area contributed by atoms with E-state index in [1.165, 1.54) is 19.4 Å². The molecule has 2 heterocycles. The lowest BCUT2D eigenvalue weighted by Crippen LogP contribution is -2.29. The first kappa shape index (κ1) is 13.3. The van der Waals surface area contributed by atoms with Crippen LogP contribution >= 0.6 is 0 Å². The highest BCUT2D eigenvalue weighted by atomic mass is 16.5. The largest absolute Gasteiger partial charge is 0.495 e. The van der Waals surface area contributed by atoms with Crippen LogP contribution in [0.2, 0.25) is 0 Å². The average molecular weight is 263 g/mol. The minimum absolute atomic E-state index is 0.0994. The molecule has 0 spiro atoms. The monoisotopic (exact) mass is 263 g/mol. The number of amides is 2. The summed E-state index contributed by atoms with van der Waals surface area (Å²) >= 11 is 0. The third-order valence-corrected chi connectivity index (χ3v) is 3.26. The number of nitrogens with two attached hydrogens (primary N) is 1. The Morgan fingerprint density at radius 3 is 3.00 bits per heavy atom. The quantitative estimate of drug-likeness (QED) is 0.833. The number of carbonyl (C=O) groups excluding carboxylic acids is 2. The molecular formula is C13H17N3O3. The molecule has 1 aromatic heterocycles. The van der Waals surface area contributed by atoms with Gasteiger partial charge in [0.05, 0.1) is 30.5 Å². The molecule has 0 radical (unpaired) electrons. The number of rotatable bonds is 3. The summed E-state index contributed by atoms with van der Waals surface area (Å²) in [5, 5.41) is 2.83. The molecule has 1 aliphatic rings. The number of hydrogen-bond acceptors (Lipinski definition) is 4. The fraction of sp³-hybridized carbons (Fsp3) is 0.462. The molecule has 1 aliphatic heterocycles. The number of hydrogen-bond donors (Lipinski definition) is 2. The van der Waals surface area contributed by atoms with E-state index in [0.29, 0.717) is 24.4 Å². The molecule has 2 amide bonds. The van der Waals surface area contributed by atoms with Crippen LogP contribution in [0.4, 0.5) is 0 Å². The first-order valence-corrected chi connectivity index (χ1v) is 6.25. The molecule has 0 bridgehead atoms. The Labute approximate surface area is 111 Å². The number of carbonyl (C=O) groups is 2. The minimum Gasteiger partial charge on any atom is -0.495 e. The zero-order chi connectivity index (χ0) is 13.8. The number of methoxy groups -OCH3 is 1.